The number of aryl methyl sites for hydroxylation is 1. The highest BCUT2D eigenvalue weighted by atomic mass is 32.1. The summed E-state index contributed by atoms with van der Waals surface area (Å²) in [6.07, 6.45) is 0. The highest BCUT2D eigenvalue weighted by Gasteiger charge is 2.19. The smallest absolute Gasteiger partial charge is 0.292 e. The maximum absolute atomic E-state index is 11.9. The SMILES string of the molecule is Cc1nnc(NC(=O)c2cccc([N+](=O)[O-])c2N)s1. The van der Waals surface area contributed by atoms with Crippen molar-refractivity contribution in [2.24, 2.45) is 0 Å². The lowest BCUT2D eigenvalue weighted by molar-refractivity contribution is -0.383. The Kier molecular flexibility index (Phi) is 3.38. The Hall–Kier alpha value is -2.55. The van der Waals surface area contributed by atoms with Crippen LogP contribution in [0.1, 0.15) is 15.4 Å². The molecule has 1 amide bonds. The number of nitro benzene ring substituents is 1. The summed E-state index contributed by atoms with van der Waals surface area (Å²) in [6, 6.07) is 4.04. The lowest BCUT2D eigenvalue weighted by Gasteiger charge is -2.04. The van der Waals surface area contributed by atoms with Crippen LogP contribution >= 0.6 is 11.3 Å². The van der Waals surface area contributed by atoms with Gasteiger partial charge in [-0.3, -0.25) is 20.2 Å². The van der Waals surface area contributed by atoms with Crippen molar-refractivity contribution in [1.82, 2.24) is 10.2 Å². The van der Waals surface area contributed by atoms with Crippen molar-refractivity contribution in [2.45, 2.75) is 6.92 Å². The Labute approximate surface area is 111 Å². The topological polar surface area (TPSA) is 124 Å². The van der Waals surface area contributed by atoms with Crippen molar-refractivity contribution in [1.29, 1.82) is 0 Å². The van der Waals surface area contributed by atoms with Gasteiger partial charge in [0.05, 0.1) is 10.5 Å². The number of aromatic nitrogens is 2. The molecule has 1 aromatic carbocycles. The number of hydrogen-bond donors (Lipinski definition) is 2. The zero-order valence-corrected chi connectivity index (χ0v) is 10.6. The molecule has 0 atom stereocenters. The molecule has 0 unspecified atom stereocenters. The molecule has 2 aromatic rings. The van der Waals surface area contributed by atoms with Crippen LogP contribution in [0.25, 0.3) is 0 Å². The first kappa shape index (κ1) is 12.9. The van der Waals surface area contributed by atoms with Crippen molar-refractivity contribution in [3.05, 3.63) is 38.9 Å². The van der Waals surface area contributed by atoms with E-state index in [9.17, 15) is 14.9 Å². The molecular formula is C10H9N5O3S. The van der Waals surface area contributed by atoms with Crippen molar-refractivity contribution in [2.75, 3.05) is 11.1 Å². The average Bonchev–Trinajstić information content (AvgIpc) is 2.74. The molecule has 0 aliphatic carbocycles. The van der Waals surface area contributed by atoms with Gasteiger partial charge in [0.15, 0.2) is 0 Å². The zero-order valence-electron chi connectivity index (χ0n) is 9.78. The molecule has 0 bridgehead atoms. The summed E-state index contributed by atoms with van der Waals surface area (Å²) in [5.41, 5.74) is 5.16. The lowest BCUT2D eigenvalue weighted by atomic mass is 10.1. The first-order valence-corrected chi connectivity index (χ1v) is 5.95. The Balaban J connectivity index is 2.29. The molecule has 8 nitrogen and oxygen atoms in total. The third-order valence-electron chi connectivity index (χ3n) is 2.27. The molecule has 0 fully saturated rings. The van der Waals surface area contributed by atoms with E-state index in [4.69, 9.17) is 5.73 Å². The first-order chi connectivity index (χ1) is 8.99. The monoisotopic (exact) mass is 279 g/mol. The van der Waals surface area contributed by atoms with E-state index in [0.717, 1.165) is 0 Å². The molecule has 0 spiro atoms. The number of nitrogens with one attached hydrogen (secondary N) is 1. The van der Waals surface area contributed by atoms with Gasteiger partial charge in [-0.25, -0.2) is 0 Å². The Morgan fingerprint density at radius 3 is 2.79 bits per heavy atom. The number of rotatable bonds is 3. The van der Waals surface area contributed by atoms with Gasteiger partial charge in [-0.2, -0.15) is 0 Å². The highest BCUT2D eigenvalue weighted by Crippen LogP contribution is 2.25. The number of para-hydroxylation sites is 1. The van der Waals surface area contributed by atoms with Crippen LogP contribution in [-0.4, -0.2) is 21.0 Å². The van der Waals surface area contributed by atoms with Gasteiger partial charge < -0.3 is 5.73 Å². The number of benzene rings is 1. The van der Waals surface area contributed by atoms with E-state index in [1.807, 2.05) is 0 Å². The molecule has 0 aliphatic heterocycles. The van der Waals surface area contributed by atoms with E-state index < -0.39 is 10.8 Å². The molecule has 0 aliphatic rings. The van der Waals surface area contributed by atoms with Crippen LogP contribution in [0.15, 0.2) is 18.2 Å². The van der Waals surface area contributed by atoms with E-state index in [2.05, 4.69) is 15.5 Å². The van der Waals surface area contributed by atoms with Gasteiger partial charge in [0.2, 0.25) is 5.13 Å². The van der Waals surface area contributed by atoms with Gasteiger partial charge in [0.1, 0.15) is 10.7 Å². The molecule has 0 saturated heterocycles. The van der Waals surface area contributed by atoms with Gasteiger partial charge in [0, 0.05) is 6.07 Å². The Morgan fingerprint density at radius 2 is 2.21 bits per heavy atom. The first-order valence-electron chi connectivity index (χ1n) is 5.13. The van der Waals surface area contributed by atoms with Crippen LogP contribution < -0.4 is 11.1 Å². The summed E-state index contributed by atoms with van der Waals surface area (Å²) in [5.74, 6) is -0.558. The minimum absolute atomic E-state index is 0.0297. The predicted octanol–water partition coefficient (Wildman–Crippen LogP) is 1.59. The van der Waals surface area contributed by atoms with Gasteiger partial charge >= 0.3 is 0 Å². The largest absolute Gasteiger partial charge is 0.393 e. The number of nitrogens with zero attached hydrogens (tertiary/aromatic N) is 3. The molecule has 1 heterocycles. The summed E-state index contributed by atoms with van der Waals surface area (Å²) in [6.45, 7) is 1.75. The number of carbonyl (C=O) groups is 1. The van der Waals surface area contributed by atoms with Crippen molar-refractivity contribution in [3.8, 4) is 0 Å². The van der Waals surface area contributed by atoms with Crippen LogP contribution in [-0.2, 0) is 0 Å². The van der Waals surface area contributed by atoms with Gasteiger partial charge in [-0.1, -0.05) is 17.4 Å². The molecule has 0 saturated carbocycles. The summed E-state index contributed by atoms with van der Waals surface area (Å²) in [4.78, 5) is 22.0. The number of nitrogens with two attached hydrogens (primary N) is 1. The fourth-order valence-electron chi connectivity index (χ4n) is 1.42. The van der Waals surface area contributed by atoms with Crippen LogP contribution in [0.2, 0.25) is 0 Å². The summed E-state index contributed by atoms with van der Waals surface area (Å²) >= 11 is 1.20. The highest BCUT2D eigenvalue weighted by molar-refractivity contribution is 7.15. The molecule has 2 rings (SSSR count). The normalized spacial score (nSPS) is 10.2. The standard InChI is InChI=1S/C10H9N5O3S/c1-5-13-14-10(19-5)12-9(16)6-3-2-4-7(8(6)11)15(17)18/h2-4H,11H2,1H3,(H,12,14,16). The number of anilines is 2. The maximum atomic E-state index is 11.9. The van der Waals surface area contributed by atoms with Crippen molar-refractivity contribution < 1.29 is 9.72 Å². The fourth-order valence-corrected chi connectivity index (χ4v) is 2.01. The molecule has 19 heavy (non-hydrogen) atoms. The van der Waals surface area contributed by atoms with E-state index in [1.54, 1.807) is 6.92 Å². The maximum Gasteiger partial charge on any atom is 0.292 e. The van der Waals surface area contributed by atoms with Gasteiger partial charge in [-0.15, -0.1) is 10.2 Å². The number of amides is 1. The number of nitrogen functional groups attached to an aromatic ring is 1. The summed E-state index contributed by atoms with van der Waals surface area (Å²) in [7, 11) is 0. The van der Waals surface area contributed by atoms with Crippen molar-refractivity contribution >= 4 is 33.8 Å². The van der Waals surface area contributed by atoms with Crippen LogP contribution in [0, 0.1) is 17.0 Å². The van der Waals surface area contributed by atoms with Crippen molar-refractivity contribution in [3.63, 3.8) is 0 Å². The third kappa shape index (κ3) is 2.65. The predicted molar refractivity (Wildman–Crippen MR) is 70.1 cm³/mol. The van der Waals surface area contributed by atoms with E-state index in [-0.39, 0.29) is 16.9 Å². The molecule has 98 valence electrons. The molecule has 1 aromatic heterocycles. The van der Waals surface area contributed by atoms with Gasteiger partial charge in [0.25, 0.3) is 11.6 Å². The lowest BCUT2D eigenvalue weighted by Crippen LogP contribution is -2.14. The van der Waals surface area contributed by atoms with E-state index in [0.29, 0.717) is 10.1 Å². The summed E-state index contributed by atoms with van der Waals surface area (Å²) in [5, 5.41) is 21.7. The third-order valence-corrected chi connectivity index (χ3v) is 3.03. The van der Waals surface area contributed by atoms with Crippen LogP contribution in [0.3, 0.4) is 0 Å². The fraction of sp³-hybridized carbons (Fsp3) is 0.100. The second kappa shape index (κ2) is 4.98. The molecular weight excluding hydrogens is 270 g/mol. The quantitative estimate of drug-likeness (QED) is 0.499. The number of hydrogen-bond acceptors (Lipinski definition) is 7. The molecule has 0 radical (unpaired) electrons. The summed E-state index contributed by atoms with van der Waals surface area (Å²) < 4.78 is 0. The Bertz CT molecular complexity index is 654. The number of nitro groups is 1. The number of carbonyl (C=O) groups excluding carboxylic acids is 1. The average molecular weight is 279 g/mol. The molecule has 9 heteroatoms. The van der Waals surface area contributed by atoms with E-state index >= 15 is 0 Å². The van der Waals surface area contributed by atoms with Crippen LogP contribution in [0.5, 0.6) is 0 Å². The molecule has 3 N–H and O–H groups in total. The second-order valence-corrected chi connectivity index (χ2v) is 4.76. The zero-order chi connectivity index (χ0) is 14.0. The Morgan fingerprint density at radius 1 is 1.47 bits per heavy atom. The van der Waals surface area contributed by atoms with E-state index in [1.165, 1.54) is 29.5 Å². The van der Waals surface area contributed by atoms with Gasteiger partial charge in [-0.05, 0) is 13.0 Å². The minimum atomic E-state index is -0.638. The van der Waals surface area contributed by atoms with Crippen LogP contribution in [0.4, 0.5) is 16.5 Å². The second-order valence-electron chi connectivity index (χ2n) is 3.58. The minimum Gasteiger partial charge on any atom is -0.393 e.